The van der Waals surface area contributed by atoms with Crippen molar-refractivity contribution < 1.29 is 9.59 Å². The maximum atomic E-state index is 13.4. The molecule has 0 radical (unpaired) electrons. The van der Waals surface area contributed by atoms with Crippen LogP contribution in [0.1, 0.15) is 52.0 Å². The second kappa shape index (κ2) is 8.30. The summed E-state index contributed by atoms with van der Waals surface area (Å²) in [4.78, 5) is 43.3. The molecule has 2 fully saturated rings. The quantitative estimate of drug-likeness (QED) is 0.425. The maximum absolute atomic E-state index is 13.4. The van der Waals surface area contributed by atoms with Gasteiger partial charge in [-0.25, -0.2) is 4.98 Å². The van der Waals surface area contributed by atoms with Gasteiger partial charge in [0.1, 0.15) is 0 Å². The number of carbonyl (C=O) groups excluding carboxylic acids is 2. The molecule has 6 nitrogen and oxygen atoms in total. The lowest BCUT2D eigenvalue weighted by atomic mass is 9.78. The monoisotopic (exact) mass is 413 g/mol. The average molecular weight is 414 g/mol. The molecule has 2 aliphatic rings. The number of imide groups is 1. The molecule has 1 saturated carbocycles. The van der Waals surface area contributed by atoms with Gasteiger partial charge in [-0.15, -0.1) is 0 Å². The largest absolute Gasteiger partial charge is 0.284 e. The molecule has 0 unspecified atom stereocenters. The van der Waals surface area contributed by atoms with Gasteiger partial charge in [-0.3, -0.25) is 23.9 Å². The zero-order valence-corrected chi connectivity index (χ0v) is 17.8. The van der Waals surface area contributed by atoms with Crippen LogP contribution in [-0.4, -0.2) is 38.6 Å². The van der Waals surface area contributed by atoms with Gasteiger partial charge in [-0.1, -0.05) is 50.6 Å². The highest BCUT2D eigenvalue weighted by atomic mass is 32.2. The van der Waals surface area contributed by atoms with Crippen molar-refractivity contribution in [1.29, 1.82) is 0 Å². The molecular formula is C22H27N3O3S. The van der Waals surface area contributed by atoms with Crippen LogP contribution >= 0.6 is 11.8 Å². The predicted molar refractivity (Wildman–Crippen MR) is 114 cm³/mol. The molecule has 0 spiro atoms. The molecule has 1 aliphatic carbocycles. The number of rotatable bonds is 5. The van der Waals surface area contributed by atoms with Gasteiger partial charge in [-0.2, -0.15) is 0 Å². The van der Waals surface area contributed by atoms with Crippen molar-refractivity contribution in [1.82, 2.24) is 14.5 Å². The van der Waals surface area contributed by atoms with Crippen LogP contribution < -0.4 is 5.56 Å². The Morgan fingerprint density at radius 3 is 2.55 bits per heavy atom. The lowest BCUT2D eigenvalue weighted by Gasteiger charge is -2.36. The fourth-order valence-corrected chi connectivity index (χ4v) is 5.52. The molecule has 1 aliphatic heterocycles. The Morgan fingerprint density at radius 1 is 1.07 bits per heavy atom. The van der Waals surface area contributed by atoms with Crippen LogP contribution in [0.4, 0.5) is 0 Å². The first-order valence-corrected chi connectivity index (χ1v) is 11.4. The molecule has 0 N–H and O–H groups in total. The minimum Gasteiger partial charge on any atom is -0.284 e. The SMILES string of the molecule is C[C@@H]1[C@H](C)CCC[C@@H]1n1c(SCCN2C(=O)CCC2=O)nc2ccccc2c1=O. The van der Waals surface area contributed by atoms with E-state index in [1.165, 1.54) is 23.1 Å². The van der Waals surface area contributed by atoms with Crippen LogP contribution in [0.2, 0.25) is 0 Å². The Balaban J connectivity index is 1.67. The lowest BCUT2D eigenvalue weighted by molar-refractivity contribution is -0.137. The van der Waals surface area contributed by atoms with Crippen molar-refractivity contribution in [3.05, 3.63) is 34.6 Å². The second-order valence-corrected chi connectivity index (χ2v) is 9.27. The van der Waals surface area contributed by atoms with E-state index in [0.717, 1.165) is 12.8 Å². The van der Waals surface area contributed by atoms with E-state index in [1.54, 1.807) is 0 Å². The highest BCUT2D eigenvalue weighted by Crippen LogP contribution is 2.38. The maximum Gasteiger partial charge on any atom is 0.262 e. The van der Waals surface area contributed by atoms with E-state index in [4.69, 9.17) is 4.98 Å². The lowest BCUT2D eigenvalue weighted by Crippen LogP contribution is -2.36. The van der Waals surface area contributed by atoms with E-state index in [-0.39, 0.29) is 23.4 Å². The van der Waals surface area contributed by atoms with Crippen LogP contribution in [0.5, 0.6) is 0 Å². The molecule has 2 heterocycles. The number of thioether (sulfide) groups is 1. The van der Waals surface area contributed by atoms with Gasteiger partial charge in [0.15, 0.2) is 5.16 Å². The third-order valence-electron chi connectivity index (χ3n) is 6.47. The van der Waals surface area contributed by atoms with Crippen LogP contribution in [0.25, 0.3) is 10.9 Å². The topological polar surface area (TPSA) is 72.3 Å². The van der Waals surface area contributed by atoms with Crippen LogP contribution in [0.15, 0.2) is 34.2 Å². The molecule has 29 heavy (non-hydrogen) atoms. The molecular weight excluding hydrogens is 386 g/mol. The van der Waals surface area contributed by atoms with Gasteiger partial charge in [0, 0.05) is 31.2 Å². The van der Waals surface area contributed by atoms with Crippen molar-refractivity contribution >= 4 is 34.5 Å². The van der Waals surface area contributed by atoms with E-state index < -0.39 is 0 Å². The Hall–Kier alpha value is -2.15. The van der Waals surface area contributed by atoms with Gasteiger partial charge in [-0.05, 0) is 30.4 Å². The number of carbonyl (C=O) groups is 2. The summed E-state index contributed by atoms with van der Waals surface area (Å²) < 4.78 is 1.89. The molecule has 2 aromatic rings. The number of para-hydroxylation sites is 1. The fourth-order valence-electron chi connectivity index (χ4n) is 4.54. The van der Waals surface area contributed by atoms with Crippen LogP contribution in [0.3, 0.4) is 0 Å². The number of aromatic nitrogens is 2. The van der Waals surface area contributed by atoms with E-state index >= 15 is 0 Å². The highest BCUT2D eigenvalue weighted by molar-refractivity contribution is 7.99. The summed E-state index contributed by atoms with van der Waals surface area (Å²) in [5, 5.41) is 1.34. The summed E-state index contributed by atoms with van der Waals surface area (Å²) in [5.41, 5.74) is 0.707. The number of likely N-dealkylation sites (tertiary alicyclic amines) is 1. The fraction of sp³-hybridized carbons (Fsp3) is 0.545. The standard InChI is InChI=1S/C22H27N3O3S/c1-14-6-5-9-18(15(14)2)25-21(28)16-7-3-4-8-17(16)23-22(25)29-13-12-24-19(26)10-11-20(24)27/h3-4,7-8,14-15,18H,5-6,9-13H2,1-2H3/t14-,15-,18+/m1/s1. The number of nitrogens with zero attached hydrogens (tertiary/aromatic N) is 3. The van der Waals surface area contributed by atoms with Crippen LogP contribution in [0, 0.1) is 11.8 Å². The first-order valence-electron chi connectivity index (χ1n) is 10.4. The average Bonchev–Trinajstić information content (AvgIpc) is 3.03. The van der Waals surface area contributed by atoms with Crippen molar-refractivity contribution in [2.45, 2.75) is 57.1 Å². The number of hydrogen-bond donors (Lipinski definition) is 0. The smallest absolute Gasteiger partial charge is 0.262 e. The Kier molecular flexibility index (Phi) is 5.76. The molecule has 7 heteroatoms. The molecule has 4 rings (SSSR count). The van der Waals surface area contributed by atoms with E-state index in [9.17, 15) is 14.4 Å². The van der Waals surface area contributed by atoms with Crippen molar-refractivity contribution in [3.8, 4) is 0 Å². The first-order chi connectivity index (χ1) is 14.0. The molecule has 1 aromatic heterocycles. The Bertz CT molecular complexity index is 986. The van der Waals surface area contributed by atoms with Crippen molar-refractivity contribution in [2.24, 2.45) is 11.8 Å². The molecule has 1 aromatic carbocycles. The van der Waals surface area contributed by atoms with Gasteiger partial charge >= 0.3 is 0 Å². The summed E-state index contributed by atoms with van der Waals surface area (Å²) >= 11 is 1.47. The summed E-state index contributed by atoms with van der Waals surface area (Å²) in [5.74, 6) is 1.29. The third-order valence-corrected chi connectivity index (χ3v) is 7.40. The molecule has 2 amide bonds. The van der Waals surface area contributed by atoms with Gasteiger partial charge in [0.05, 0.1) is 10.9 Å². The summed E-state index contributed by atoms with van der Waals surface area (Å²) in [6.45, 7) is 4.85. The predicted octanol–water partition coefficient (Wildman–Crippen LogP) is 3.63. The van der Waals surface area contributed by atoms with E-state index in [0.29, 0.717) is 53.0 Å². The van der Waals surface area contributed by atoms with Crippen LogP contribution in [-0.2, 0) is 9.59 Å². The van der Waals surface area contributed by atoms with Gasteiger partial charge < -0.3 is 0 Å². The Morgan fingerprint density at radius 2 is 1.79 bits per heavy atom. The number of amides is 2. The summed E-state index contributed by atoms with van der Waals surface area (Å²) in [6.07, 6.45) is 3.88. The first kappa shape index (κ1) is 20.1. The molecule has 154 valence electrons. The zero-order chi connectivity index (χ0) is 20.5. The third kappa shape index (κ3) is 3.84. The number of hydrogen-bond acceptors (Lipinski definition) is 5. The summed E-state index contributed by atoms with van der Waals surface area (Å²) in [6, 6.07) is 7.60. The number of fused-ring (bicyclic) bond motifs is 1. The van der Waals surface area contributed by atoms with Crippen molar-refractivity contribution in [3.63, 3.8) is 0 Å². The van der Waals surface area contributed by atoms with E-state index in [1.807, 2.05) is 28.8 Å². The molecule has 0 bridgehead atoms. The highest BCUT2D eigenvalue weighted by Gasteiger charge is 2.32. The number of benzene rings is 1. The van der Waals surface area contributed by atoms with Gasteiger partial charge in [0.25, 0.3) is 5.56 Å². The summed E-state index contributed by atoms with van der Waals surface area (Å²) in [7, 11) is 0. The zero-order valence-electron chi connectivity index (χ0n) is 17.0. The van der Waals surface area contributed by atoms with Crippen molar-refractivity contribution in [2.75, 3.05) is 12.3 Å². The van der Waals surface area contributed by atoms with E-state index in [2.05, 4.69) is 13.8 Å². The Labute approximate surface area is 174 Å². The molecule has 3 atom stereocenters. The molecule has 1 saturated heterocycles. The minimum absolute atomic E-state index is 0.0115. The minimum atomic E-state index is -0.103. The normalized spacial score (nSPS) is 25.2. The van der Waals surface area contributed by atoms with Gasteiger partial charge in [0.2, 0.25) is 11.8 Å². The second-order valence-electron chi connectivity index (χ2n) is 8.21.